The third-order valence-electron chi connectivity index (χ3n) is 6.31. The summed E-state index contributed by atoms with van der Waals surface area (Å²) in [5, 5.41) is 16.1. The van der Waals surface area contributed by atoms with Crippen molar-refractivity contribution in [3.63, 3.8) is 0 Å². The molecule has 31 heavy (non-hydrogen) atoms. The maximum absolute atomic E-state index is 11.4. The van der Waals surface area contributed by atoms with Crippen molar-refractivity contribution >= 4 is 23.0 Å². The minimum atomic E-state index is -0.956. The van der Waals surface area contributed by atoms with Crippen LogP contribution in [0.25, 0.3) is 0 Å². The number of aromatic nitrogens is 1. The van der Waals surface area contributed by atoms with Gasteiger partial charge >= 0.3 is 5.97 Å². The van der Waals surface area contributed by atoms with E-state index in [1.807, 2.05) is 0 Å². The number of nitrogens with one attached hydrogen (secondary N) is 2. The molecule has 0 bridgehead atoms. The molecule has 1 saturated carbocycles. The zero-order chi connectivity index (χ0) is 21.4. The van der Waals surface area contributed by atoms with Crippen LogP contribution in [0.1, 0.15) is 51.8 Å². The zero-order valence-corrected chi connectivity index (χ0v) is 17.5. The van der Waals surface area contributed by atoms with Gasteiger partial charge in [0.05, 0.1) is 23.5 Å². The number of nitrogens with zero attached hydrogens (tertiary/aromatic N) is 2. The van der Waals surface area contributed by atoms with Gasteiger partial charge in [0, 0.05) is 37.7 Å². The summed E-state index contributed by atoms with van der Waals surface area (Å²) in [6.07, 6.45) is 5.70. The summed E-state index contributed by atoms with van der Waals surface area (Å²) in [6.45, 7) is 1.39. The number of rotatable bonds is 7. The monoisotopic (exact) mass is 414 g/mol. The highest BCUT2D eigenvalue weighted by Crippen LogP contribution is 2.41. The standard InChI is InChI=1S/C25H26N4O2/c1-29(19-6-4-17(5-7-19)16-2-3-16)20-8-9-21-18(12-20)13-27-24(21)15-28-23-14-26-11-10-22(23)25(30)31/h4-12,14,16,24,27-28H,2-3,13,15H2,1H3,(H,30,31)/t24-/m1/s1. The van der Waals surface area contributed by atoms with Crippen molar-refractivity contribution in [3.8, 4) is 0 Å². The van der Waals surface area contributed by atoms with Gasteiger partial charge in [0.2, 0.25) is 0 Å². The number of carboxylic acid groups (broad SMARTS) is 1. The van der Waals surface area contributed by atoms with Gasteiger partial charge in [-0.05, 0) is 65.8 Å². The molecule has 1 aliphatic heterocycles. The van der Waals surface area contributed by atoms with E-state index in [9.17, 15) is 9.90 Å². The van der Waals surface area contributed by atoms with Gasteiger partial charge in [0.1, 0.15) is 0 Å². The van der Waals surface area contributed by atoms with Crippen LogP contribution in [0.4, 0.5) is 17.1 Å². The number of carboxylic acids is 1. The summed E-state index contributed by atoms with van der Waals surface area (Å²) in [6, 6.07) is 17.1. The number of fused-ring (bicyclic) bond motifs is 1. The average molecular weight is 415 g/mol. The van der Waals surface area contributed by atoms with Crippen LogP contribution < -0.4 is 15.5 Å². The molecule has 1 aromatic heterocycles. The number of pyridine rings is 1. The van der Waals surface area contributed by atoms with E-state index in [4.69, 9.17) is 0 Å². The highest BCUT2D eigenvalue weighted by atomic mass is 16.4. The first kappa shape index (κ1) is 19.6. The molecular formula is C25H26N4O2. The first-order valence-corrected chi connectivity index (χ1v) is 10.7. The van der Waals surface area contributed by atoms with Crippen LogP contribution in [0.5, 0.6) is 0 Å². The predicted molar refractivity (Wildman–Crippen MR) is 122 cm³/mol. The fourth-order valence-corrected chi connectivity index (χ4v) is 4.29. The second-order valence-electron chi connectivity index (χ2n) is 8.35. The van der Waals surface area contributed by atoms with E-state index >= 15 is 0 Å². The van der Waals surface area contributed by atoms with Gasteiger partial charge in [-0.25, -0.2) is 4.79 Å². The number of benzene rings is 2. The van der Waals surface area contributed by atoms with Crippen LogP contribution >= 0.6 is 0 Å². The van der Waals surface area contributed by atoms with Crippen LogP contribution in [0.15, 0.2) is 60.9 Å². The van der Waals surface area contributed by atoms with Gasteiger partial charge in [-0.2, -0.15) is 0 Å². The van der Waals surface area contributed by atoms with Gasteiger partial charge in [0.15, 0.2) is 0 Å². The van der Waals surface area contributed by atoms with E-state index in [1.165, 1.54) is 47.5 Å². The maximum Gasteiger partial charge on any atom is 0.337 e. The van der Waals surface area contributed by atoms with Crippen molar-refractivity contribution in [1.82, 2.24) is 10.3 Å². The second-order valence-corrected chi connectivity index (χ2v) is 8.35. The van der Waals surface area contributed by atoms with E-state index in [0.717, 1.165) is 18.2 Å². The summed E-state index contributed by atoms with van der Waals surface area (Å²) in [5.41, 5.74) is 7.09. The van der Waals surface area contributed by atoms with Crippen molar-refractivity contribution in [2.24, 2.45) is 0 Å². The smallest absolute Gasteiger partial charge is 0.337 e. The lowest BCUT2D eigenvalue weighted by atomic mass is 10.0. The van der Waals surface area contributed by atoms with E-state index < -0.39 is 5.97 Å². The van der Waals surface area contributed by atoms with Crippen LogP contribution in [0.3, 0.4) is 0 Å². The fourth-order valence-electron chi connectivity index (χ4n) is 4.29. The van der Waals surface area contributed by atoms with E-state index in [-0.39, 0.29) is 11.6 Å². The first-order valence-electron chi connectivity index (χ1n) is 10.7. The fraction of sp³-hybridized carbons (Fsp3) is 0.280. The SMILES string of the molecule is CN(c1ccc(C2CC2)cc1)c1ccc2c(c1)CN[C@@H]2CNc1cnccc1C(=O)O. The summed E-state index contributed by atoms with van der Waals surface area (Å²) < 4.78 is 0. The van der Waals surface area contributed by atoms with Crippen LogP contribution in [0, 0.1) is 0 Å². The number of anilines is 3. The number of hydrogen-bond donors (Lipinski definition) is 3. The van der Waals surface area contributed by atoms with Gasteiger partial charge in [-0.3, -0.25) is 4.98 Å². The molecule has 1 aliphatic carbocycles. The minimum absolute atomic E-state index is 0.119. The highest BCUT2D eigenvalue weighted by Gasteiger charge is 2.24. The van der Waals surface area contributed by atoms with Gasteiger partial charge in [0.25, 0.3) is 0 Å². The Labute approximate surface area is 181 Å². The lowest BCUT2D eigenvalue weighted by molar-refractivity contribution is 0.0698. The molecule has 5 rings (SSSR count). The van der Waals surface area contributed by atoms with E-state index in [1.54, 1.807) is 6.20 Å². The second kappa shape index (κ2) is 8.04. The molecular weight excluding hydrogens is 388 g/mol. The van der Waals surface area contributed by atoms with Crippen LogP contribution in [-0.4, -0.2) is 29.7 Å². The molecule has 1 atom stereocenters. The molecule has 158 valence electrons. The Morgan fingerprint density at radius 3 is 2.68 bits per heavy atom. The van der Waals surface area contributed by atoms with Gasteiger partial charge in [-0.1, -0.05) is 18.2 Å². The molecule has 6 heteroatoms. The number of aromatic carboxylic acids is 1. The molecule has 2 aromatic carbocycles. The van der Waals surface area contributed by atoms with Crippen molar-refractivity contribution in [2.45, 2.75) is 31.3 Å². The molecule has 0 radical (unpaired) electrons. The Kier molecular flexibility index (Phi) is 5.08. The van der Waals surface area contributed by atoms with Gasteiger partial charge < -0.3 is 20.6 Å². The molecule has 0 spiro atoms. The van der Waals surface area contributed by atoms with Crippen molar-refractivity contribution in [2.75, 3.05) is 23.8 Å². The molecule has 3 aromatic rings. The maximum atomic E-state index is 11.4. The normalized spacial score (nSPS) is 17.3. The Bertz CT molecular complexity index is 1110. The topological polar surface area (TPSA) is 77.5 Å². The first-order chi connectivity index (χ1) is 15.1. The van der Waals surface area contributed by atoms with Crippen LogP contribution in [-0.2, 0) is 6.54 Å². The largest absolute Gasteiger partial charge is 0.478 e. The molecule has 2 aliphatic rings. The van der Waals surface area contributed by atoms with Crippen molar-refractivity contribution < 1.29 is 9.90 Å². The lowest BCUT2D eigenvalue weighted by Gasteiger charge is -2.21. The minimum Gasteiger partial charge on any atom is -0.478 e. The Morgan fingerprint density at radius 2 is 1.94 bits per heavy atom. The highest BCUT2D eigenvalue weighted by molar-refractivity contribution is 5.93. The predicted octanol–water partition coefficient (Wildman–Crippen LogP) is 4.68. The van der Waals surface area contributed by atoms with Crippen molar-refractivity contribution in [3.05, 3.63) is 83.2 Å². The summed E-state index contributed by atoms with van der Waals surface area (Å²) >= 11 is 0. The quantitative estimate of drug-likeness (QED) is 0.521. The molecule has 3 N–H and O–H groups in total. The molecule has 0 saturated heterocycles. The van der Waals surface area contributed by atoms with E-state index in [0.29, 0.717) is 12.2 Å². The Balaban J connectivity index is 1.29. The zero-order valence-electron chi connectivity index (χ0n) is 17.5. The van der Waals surface area contributed by atoms with Gasteiger partial charge in [-0.15, -0.1) is 0 Å². The van der Waals surface area contributed by atoms with Crippen molar-refractivity contribution in [1.29, 1.82) is 0 Å². The Morgan fingerprint density at radius 1 is 1.16 bits per heavy atom. The molecule has 0 unspecified atom stereocenters. The summed E-state index contributed by atoms with van der Waals surface area (Å²) in [5.74, 6) is -0.184. The van der Waals surface area contributed by atoms with E-state index in [2.05, 4.69) is 70.0 Å². The lowest BCUT2D eigenvalue weighted by Crippen LogP contribution is -2.22. The molecule has 0 amide bonds. The summed E-state index contributed by atoms with van der Waals surface area (Å²) in [4.78, 5) is 17.7. The van der Waals surface area contributed by atoms with Crippen LogP contribution in [0.2, 0.25) is 0 Å². The third-order valence-corrected chi connectivity index (χ3v) is 6.31. The molecule has 6 nitrogen and oxygen atoms in total. The average Bonchev–Trinajstić information content (AvgIpc) is 3.57. The third kappa shape index (κ3) is 3.99. The number of hydrogen-bond acceptors (Lipinski definition) is 5. The molecule has 1 fully saturated rings. The summed E-state index contributed by atoms with van der Waals surface area (Å²) in [7, 11) is 2.10. The Hall–Kier alpha value is -3.38. The number of carbonyl (C=O) groups is 1. The molecule has 2 heterocycles.